The molecule has 0 radical (unpaired) electrons. The first-order valence-electron chi connectivity index (χ1n) is 4.28. The lowest BCUT2D eigenvalue weighted by molar-refractivity contribution is 0.668. The number of fused-ring (bicyclic) bond motifs is 3. The van der Waals surface area contributed by atoms with Crippen LogP contribution in [0.4, 0.5) is 0 Å². The van der Waals surface area contributed by atoms with Crippen molar-refractivity contribution in [2.24, 2.45) is 0 Å². The van der Waals surface area contributed by atoms with Gasteiger partial charge < -0.3 is 4.42 Å². The summed E-state index contributed by atoms with van der Waals surface area (Å²) in [5.41, 5.74) is 1.63. The van der Waals surface area contributed by atoms with Gasteiger partial charge in [0.25, 0.3) is 0 Å². The average molecular weight is 204 g/mol. The van der Waals surface area contributed by atoms with Crippen molar-refractivity contribution < 1.29 is 4.42 Å². The first-order valence-corrected chi connectivity index (χ1v) is 4.66. The molecule has 0 saturated heterocycles. The normalized spacial score (nSPS) is 11.2. The van der Waals surface area contributed by atoms with E-state index in [0.29, 0.717) is 5.15 Å². The van der Waals surface area contributed by atoms with Gasteiger partial charge in [0.1, 0.15) is 16.3 Å². The minimum absolute atomic E-state index is 0.493. The average Bonchev–Trinajstić information content (AvgIpc) is 2.57. The number of halogens is 1. The molecular formula is C11H6ClNO. The maximum absolute atomic E-state index is 6.01. The molecular weight excluding hydrogens is 198 g/mol. The Labute approximate surface area is 85.1 Å². The highest BCUT2D eigenvalue weighted by atomic mass is 35.5. The van der Waals surface area contributed by atoms with Crippen LogP contribution >= 0.6 is 11.6 Å². The van der Waals surface area contributed by atoms with Gasteiger partial charge in [-0.2, -0.15) is 0 Å². The molecule has 0 aliphatic carbocycles. The molecule has 0 amide bonds. The fourth-order valence-corrected chi connectivity index (χ4v) is 1.88. The second-order valence-electron chi connectivity index (χ2n) is 3.07. The molecule has 2 nitrogen and oxygen atoms in total. The van der Waals surface area contributed by atoms with Crippen molar-refractivity contribution in [2.45, 2.75) is 0 Å². The van der Waals surface area contributed by atoms with Crippen LogP contribution in [0.15, 0.2) is 40.9 Å². The van der Waals surface area contributed by atoms with E-state index in [1.165, 1.54) is 0 Å². The van der Waals surface area contributed by atoms with Gasteiger partial charge in [-0.25, -0.2) is 4.98 Å². The molecule has 0 atom stereocenters. The van der Waals surface area contributed by atoms with E-state index in [4.69, 9.17) is 16.0 Å². The number of benzene rings is 1. The summed E-state index contributed by atoms with van der Waals surface area (Å²) in [5, 5.41) is 2.40. The summed E-state index contributed by atoms with van der Waals surface area (Å²) in [6.07, 6.45) is 1.65. The van der Waals surface area contributed by atoms with Crippen LogP contribution in [0.5, 0.6) is 0 Å². The van der Waals surface area contributed by atoms with Gasteiger partial charge in [-0.1, -0.05) is 29.8 Å². The fourth-order valence-electron chi connectivity index (χ4n) is 1.63. The van der Waals surface area contributed by atoms with Crippen molar-refractivity contribution in [1.29, 1.82) is 0 Å². The minimum Gasteiger partial charge on any atom is -0.456 e. The summed E-state index contributed by atoms with van der Waals surface area (Å²) in [5.74, 6) is 0. The van der Waals surface area contributed by atoms with E-state index < -0.39 is 0 Å². The predicted octanol–water partition coefficient (Wildman–Crippen LogP) is 3.63. The first-order chi connectivity index (χ1) is 6.86. The van der Waals surface area contributed by atoms with Crippen LogP contribution < -0.4 is 0 Å². The summed E-state index contributed by atoms with van der Waals surface area (Å²) in [6, 6.07) is 9.62. The number of furan rings is 1. The van der Waals surface area contributed by atoms with Gasteiger partial charge in [-0.15, -0.1) is 0 Å². The number of hydrogen-bond donors (Lipinski definition) is 0. The topological polar surface area (TPSA) is 26.0 Å². The van der Waals surface area contributed by atoms with Crippen LogP contribution in [-0.4, -0.2) is 4.98 Å². The monoisotopic (exact) mass is 203 g/mol. The molecule has 2 heterocycles. The molecule has 68 valence electrons. The van der Waals surface area contributed by atoms with E-state index in [9.17, 15) is 0 Å². The number of para-hydroxylation sites is 1. The fraction of sp³-hybridized carbons (Fsp3) is 0. The van der Waals surface area contributed by atoms with Crippen molar-refractivity contribution in [3.8, 4) is 0 Å². The Balaban J connectivity index is 2.65. The smallest absolute Gasteiger partial charge is 0.140 e. The molecule has 14 heavy (non-hydrogen) atoms. The molecule has 3 aromatic rings. The van der Waals surface area contributed by atoms with Crippen molar-refractivity contribution >= 4 is 33.5 Å². The van der Waals surface area contributed by atoms with E-state index in [0.717, 1.165) is 21.9 Å². The Kier molecular flexibility index (Phi) is 1.52. The summed E-state index contributed by atoms with van der Waals surface area (Å²) in [4.78, 5) is 4.04. The van der Waals surface area contributed by atoms with Gasteiger partial charge in [0.15, 0.2) is 0 Å². The van der Waals surface area contributed by atoms with Crippen LogP contribution in [0, 0.1) is 0 Å². The highest BCUT2D eigenvalue weighted by Crippen LogP contribution is 2.31. The third kappa shape index (κ3) is 0.946. The summed E-state index contributed by atoms with van der Waals surface area (Å²) >= 11 is 6.01. The highest BCUT2D eigenvalue weighted by molar-refractivity contribution is 6.36. The molecule has 1 aromatic carbocycles. The molecule has 3 rings (SSSR count). The van der Waals surface area contributed by atoms with Gasteiger partial charge in [-0.05, 0) is 12.1 Å². The lowest BCUT2D eigenvalue weighted by Gasteiger charge is -1.90. The molecule has 0 aliphatic heterocycles. The van der Waals surface area contributed by atoms with Gasteiger partial charge in [0.2, 0.25) is 0 Å². The van der Waals surface area contributed by atoms with Crippen LogP contribution in [0.3, 0.4) is 0 Å². The molecule has 0 unspecified atom stereocenters. The maximum atomic E-state index is 6.01. The number of aromatic nitrogens is 1. The molecule has 0 saturated carbocycles. The zero-order valence-electron chi connectivity index (χ0n) is 7.20. The number of pyridine rings is 1. The first kappa shape index (κ1) is 7.83. The number of nitrogens with zero attached hydrogens (tertiary/aromatic N) is 1. The Morgan fingerprint density at radius 2 is 1.93 bits per heavy atom. The second kappa shape index (κ2) is 2.72. The van der Waals surface area contributed by atoms with Gasteiger partial charge >= 0.3 is 0 Å². The minimum atomic E-state index is 0.493. The zero-order chi connectivity index (χ0) is 9.54. The third-order valence-corrected chi connectivity index (χ3v) is 2.53. The molecule has 0 fully saturated rings. The second-order valence-corrected chi connectivity index (χ2v) is 3.43. The quantitative estimate of drug-likeness (QED) is 0.522. The Morgan fingerprint density at radius 3 is 2.86 bits per heavy atom. The SMILES string of the molecule is Clc1nccc2oc3ccccc3c12. The van der Waals surface area contributed by atoms with E-state index >= 15 is 0 Å². The van der Waals surface area contributed by atoms with E-state index in [1.54, 1.807) is 6.20 Å². The molecule has 0 aliphatic rings. The maximum Gasteiger partial charge on any atom is 0.140 e. The standard InChI is InChI=1S/C11H6ClNO/c12-11-10-7-3-1-2-4-8(7)14-9(10)5-6-13-11/h1-6H. The van der Waals surface area contributed by atoms with Gasteiger partial charge in [0.05, 0.1) is 5.39 Å². The van der Waals surface area contributed by atoms with Crippen molar-refractivity contribution in [3.05, 3.63) is 41.7 Å². The van der Waals surface area contributed by atoms with Crippen molar-refractivity contribution in [2.75, 3.05) is 0 Å². The molecule has 0 N–H and O–H groups in total. The molecule has 0 bridgehead atoms. The molecule has 2 aromatic heterocycles. The highest BCUT2D eigenvalue weighted by Gasteiger charge is 2.09. The van der Waals surface area contributed by atoms with Crippen molar-refractivity contribution in [3.63, 3.8) is 0 Å². The van der Waals surface area contributed by atoms with E-state index in [1.807, 2.05) is 30.3 Å². The van der Waals surface area contributed by atoms with Crippen molar-refractivity contribution in [1.82, 2.24) is 4.98 Å². The molecule has 0 spiro atoms. The molecule has 3 heteroatoms. The number of rotatable bonds is 0. The Bertz CT molecular complexity index is 615. The van der Waals surface area contributed by atoms with Crippen LogP contribution in [0.1, 0.15) is 0 Å². The summed E-state index contributed by atoms with van der Waals surface area (Å²) in [6.45, 7) is 0. The summed E-state index contributed by atoms with van der Waals surface area (Å²) < 4.78 is 5.61. The largest absolute Gasteiger partial charge is 0.456 e. The summed E-state index contributed by atoms with van der Waals surface area (Å²) in [7, 11) is 0. The van der Waals surface area contributed by atoms with E-state index in [-0.39, 0.29) is 0 Å². The van der Waals surface area contributed by atoms with Crippen LogP contribution in [0.2, 0.25) is 5.15 Å². The van der Waals surface area contributed by atoms with Crippen LogP contribution in [0.25, 0.3) is 21.9 Å². The van der Waals surface area contributed by atoms with Gasteiger partial charge in [-0.3, -0.25) is 0 Å². The van der Waals surface area contributed by atoms with Gasteiger partial charge in [0, 0.05) is 11.6 Å². The Hall–Kier alpha value is -1.54. The predicted molar refractivity (Wildman–Crippen MR) is 56.5 cm³/mol. The lowest BCUT2D eigenvalue weighted by atomic mass is 10.2. The van der Waals surface area contributed by atoms with Crippen LogP contribution in [-0.2, 0) is 0 Å². The zero-order valence-corrected chi connectivity index (χ0v) is 7.95. The Morgan fingerprint density at radius 1 is 1.07 bits per heavy atom. The third-order valence-electron chi connectivity index (χ3n) is 2.24. The van der Waals surface area contributed by atoms with E-state index in [2.05, 4.69) is 4.98 Å². The number of hydrogen-bond acceptors (Lipinski definition) is 2. The lowest BCUT2D eigenvalue weighted by Crippen LogP contribution is -1.73.